The van der Waals surface area contributed by atoms with Crippen LogP contribution < -0.4 is 0 Å². The second-order valence-corrected chi connectivity index (χ2v) is 4.74. The Morgan fingerprint density at radius 3 is 2.27 bits per heavy atom. The van der Waals surface area contributed by atoms with Gasteiger partial charge in [-0.15, -0.1) is 0 Å². The van der Waals surface area contributed by atoms with Gasteiger partial charge < -0.3 is 10.2 Å². The summed E-state index contributed by atoms with van der Waals surface area (Å²) in [7, 11) is 0. The maximum atomic E-state index is 9.98. The van der Waals surface area contributed by atoms with Gasteiger partial charge in [-0.05, 0) is 24.3 Å². The molecule has 2 aromatic heterocycles. The summed E-state index contributed by atoms with van der Waals surface area (Å²) < 4.78 is 0. The Labute approximate surface area is 127 Å². The number of benzene rings is 1. The zero-order chi connectivity index (χ0) is 15.4. The quantitative estimate of drug-likeness (QED) is 0.562. The Balaban J connectivity index is 1.90. The van der Waals surface area contributed by atoms with Gasteiger partial charge in [0.05, 0.1) is 16.9 Å². The minimum atomic E-state index is -0.256. The Hall–Kier alpha value is -3.14. The third kappa shape index (κ3) is 3.12. The summed E-state index contributed by atoms with van der Waals surface area (Å²) in [5, 5.41) is 20.9. The van der Waals surface area contributed by atoms with Crippen LogP contribution in [0.25, 0.3) is 23.1 Å². The third-order valence-corrected chi connectivity index (χ3v) is 3.14. The third-order valence-electron chi connectivity index (χ3n) is 3.14. The van der Waals surface area contributed by atoms with Gasteiger partial charge >= 0.3 is 0 Å². The van der Waals surface area contributed by atoms with Gasteiger partial charge in [-0.2, -0.15) is 0 Å². The van der Waals surface area contributed by atoms with E-state index < -0.39 is 0 Å². The largest absolute Gasteiger partial charge is 0.504 e. The maximum Gasteiger partial charge on any atom is 0.159 e. The molecule has 22 heavy (non-hydrogen) atoms. The lowest BCUT2D eigenvalue weighted by molar-refractivity contribution is 0.334. The van der Waals surface area contributed by atoms with Crippen molar-refractivity contribution in [2.75, 3.05) is 0 Å². The predicted molar refractivity (Wildman–Crippen MR) is 87.2 cm³/mol. The molecule has 108 valence electrons. The molecule has 0 aliphatic rings. The van der Waals surface area contributed by atoms with Crippen molar-refractivity contribution >= 4 is 23.1 Å². The molecule has 0 unspecified atom stereocenters. The normalized spacial score (nSPS) is 12.5. The molecule has 2 N–H and O–H groups in total. The second-order valence-electron chi connectivity index (χ2n) is 4.74. The predicted octanol–water partition coefficient (Wildman–Crippen LogP) is 4.13. The number of pyridine rings is 2. The standard InChI is InChI=1S/C18H14N2O2/c21-17(11-14-6-3-4-10-19-14)18(22)12-15-9-8-13-5-1-2-7-16(13)20-15/h1-12,21-22H/b17-11-,18-12-. The topological polar surface area (TPSA) is 66.2 Å². The number of aliphatic hydroxyl groups excluding tert-OH is 2. The Morgan fingerprint density at radius 2 is 1.50 bits per heavy atom. The summed E-state index contributed by atoms with van der Waals surface area (Å²) in [6, 6.07) is 16.7. The molecule has 0 fully saturated rings. The highest BCUT2D eigenvalue weighted by atomic mass is 16.3. The minimum Gasteiger partial charge on any atom is -0.504 e. The number of rotatable bonds is 3. The summed E-state index contributed by atoms with van der Waals surface area (Å²) >= 11 is 0. The van der Waals surface area contributed by atoms with E-state index in [-0.39, 0.29) is 11.5 Å². The zero-order valence-corrected chi connectivity index (χ0v) is 11.7. The Kier molecular flexibility index (Phi) is 3.83. The van der Waals surface area contributed by atoms with E-state index in [0.29, 0.717) is 11.4 Å². The average molecular weight is 290 g/mol. The first kappa shape index (κ1) is 13.8. The summed E-state index contributed by atoms with van der Waals surface area (Å²) in [4.78, 5) is 8.47. The van der Waals surface area contributed by atoms with E-state index in [1.165, 1.54) is 12.2 Å². The van der Waals surface area contributed by atoms with Crippen molar-refractivity contribution in [1.29, 1.82) is 0 Å². The molecule has 0 spiro atoms. The SMILES string of the molecule is OC(=C\c1ccccn1)/C(O)=C/c1ccc2ccccc2n1. The molecule has 0 aliphatic carbocycles. The van der Waals surface area contributed by atoms with Crippen LogP contribution in [0.2, 0.25) is 0 Å². The van der Waals surface area contributed by atoms with E-state index in [0.717, 1.165) is 10.9 Å². The molecular weight excluding hydrogens is 276 g/mol. The highest BCUT2D eigenvalue weighted by Crippen LogP contribution is 2.15. The number of hydrogen-bond donors (Lipinski definition) is 2. The summed E-state index contributed by atoms with van der Waals surface area (Å²) in [6.07, 6.45) is 4.43. The maximum absolute atomic E-state index is 9.98. The highest BCUT2D eigenvalue weighted by Gasteiger charge is 2.03. The van der Waals surface area contributed by atoms with Crippen LogP contribution in [0.1, 0.15) is 11.4 Å². The molecule has 0 amide bonds. The first-order valence-corrected chi connectivity index (χ1v) is 6.81. The Bertz CT molecular complexity index is 855. The van der Waals surface area contributed by atoms with Crippen LogP contribution in [0.3, 0.4) is 0 Å². The van der Waals surface area contributed by atoms with Crippen LogP contribution in [0, 0.1) is 0 Å². The van der Waals surface area contributed by atoms with Crippen LogP contribution in [0.4, 0.5) is 0 Å². The van der Waals surface area contributed by atoms with Crippen molar-refractivity contribution < 1.29 is 10.2 Å². The fraction of sp³-hybridized carbons (Fsp3) is 0. The van der Waals surface area contributed by atoms with Crippen molar-refractivity contribution in [3.63, 3.8) is 0 Å². The fourth-order valence-corrected chi connectivity index (χ4v) is 2.05. The molecule has 0 saturated carbocycles. The van der Waals surface area contributed by atoms with Crippen molar-refractivity contribution in [2.24, 2.45) is 0 Å². The number of aromatic nitrogens is 2. The lowest BCUT2D eigenvalue weighted by Crippen LogP contribution is -1.90. The molecule has 4 nitrogen and oxygen atoms in total. The lowest BCUT2D eigenvalue weighted by Gasteiger charge is -2.01. The first-order chi connectivity index (χ1) is 10.7. The van der Waals surface area contributed by atoms with Gasteiger partial charge in [0.15, 0.2) is 11.5 Å². The van der Waals surface area contributed by atoms with Gasteiger partial charge in [0.25, 0.3) is 0 Å². The Morgan fingerprint density at radius 1 is 0.773 bits per heavy atom. The van der Waals surface area contributed by atoms with Crippen LogP contribution in [-0.4, -0.2) is 20.2 Å². The number of aliphatic hydroxyl groups is 2. The van der Waals surface area contributed by atoms with E-state index >= 15 is 0 Å². The smallest absolute Gasteiger partial charge is 0.159 e. The van der Waals surface area contributed by atoms with E-state index in [2.05, 4.69) is 9.97 Å². The summed E-state index contributed by atoms with van der Waals surface area (Å²) in [5.41, 5.74) is 1.96. The highest BCUT2D eigenvalue weighted by molar-refractivity contribution is 5.79. The molecule has 3 aromatic rings. The molecular formula is C18H14N2O2. The molecule has 1 aromatic carbocycles. The molecule has 2 heterocycles. The van der Waals surface area contributed by atoms with Gasteiger partial charge in [0.2, 0.25) is 0 Å². The fourth-order valence-electron chi connectivity index (χ4n) is 2.05. The number of hydrogen-bond acceptors (Lipinski definition) is 4. The zero-order valence-electron chi connectivity index (χ0n) is 11.7. The van der Waals surface area contributed by atoms with Gasteiger partial charge in [0.1, 0.15) is 0 Å². The van der Waals surface area contributed by atoms with Crippen molar-refractivity contribution in [2.45, 2.75) is 0 Å². The van der Waals surface area contributed by atoms with Crippen molar-refractivity contribution in [3.8, 4) is 0 Å². The van der Waals surface area contributed by atoms with Crippen molar-refractivity contribution in [1.82, 2.24) is 9.97 Å². The minimum absolute atomic E-state index is 0.256. The van der Waals surface area contributed by atoms with Gasteiger partial charge in [-0.1, -0.05) is 30.3 Å². The monoisotopic (exact) mass is 290 g/mol. The molecule has 3 rings (SSSR count). The van der Waals surface area contributed by atoms with E-state index in [9.17, 15) is 10.2 Å². The van der Waals surface area contributed by atoms with Crippen LogP contribution in [-0.2, 0) is 0 Å². The van der Waals surface area contributed by atoms with Crippen molar-refractivity contribution in [3.05, 3.63) is 83.7 Å². The van der Waals surface area contributed by atoms with E-state index in [1.807, 2.05) is 30.3 Å². The first-order valence-electron chi connectivity index (χ1n) is 6.81. The van der Waals surface area contributed by atoms with Crippen LogP contribution in [0.15, 0.2) is 72.3 Å². The van der Waals surface area contributed by atoms with Gasteiger partial charge in [0, 0.05) is 23.7 Å². The average Bonchev–Trinajstić information content (AvgIpc) is 2.55. The number of para-hydroxylation sites is 1. The molecule has 0 radical (unpaired) electrons. The number of fused-ring (bicyclic) bond motifs is 1. The molecule has 0 aliphatic heterocycles. The molecule has 0 bridgehead atoms. The molecule has 0 saturated heterocycles. The van der Waals surface area contributed by atoms with E-state index in [4.69, 9.17) is 0 Å². The molecule has 0 atom stereocenters. The summed E-state index contributed by atoms with van der Waals surface area (Å²) in [6.45, 7) is 0. The van der Waals surface area contributed by atoms with E-state index in [1.54, 1.807) is 30.5 Å². The van der Waals surface area contributed by atoms with Crippen LogP contribution in [0.5, 0.6) is 0 Å². The summed E-state index contributed by atoms with van der Waals surface area (Å²) in [5.74, 6) is -0.512. The molecule has 4 heteroatoms. The second kappa shape index (κ2) is 6.10. The van der Waals surface area contributed by atoms with Gasteiger partial charge in [-0.3, -0.25) is 4.98 Å². The van der Waals surface area contributed by atoms with Crippen LogP contribution >= 0.6 is 0 Å². The number of nitrogens with zero attached hydrogens (tertiary/aromatic N) is 2. The van der Waals surface area contributed by atoms with Gasteiger partial charge in [-0.25, -0.2) is 4.98 Å². The lowest BCUT2D eigenvalue weighted by atomic mass is 10.2.